The van der Waals surface area contributed by atoms with E-state index >= 15 is 0 Å². The Hall–Kier alpha value is -3.87. The van der Waals surface area contributed by atoms with Gasteiger partial charge in [0.15, 0.2) is 5.75 Å². The number of phenolic OH excluding ortho intramolecular Hbond substituents is 1. The van der Waals surface area contributed by atoms with E-state index < -0.39 is 11.7 Å². The lowest BCUT2D eigenvalue weighted by molar-refractivity contribution is -0.137. The SMILES string of the molecule is Cc1ccc(Cc2cnc3c(O)c4c(c(-c5ccc(C(F)(F)F)cc5)c3c2)CN(C)C4=O)cc1. The third-order valence-corrected chi connectivity index (χ3v) is 6.26. The van der Waals surface area contributed by atoms with Crippen molar-refractivity contribution in [2.75, 3.05) is 7.05 Å². The average Bonchev–Trinajstić information content (AvgIpc) is 3.09. The van der Waals surface area contributed by atoms with E-state index in [-0.39, 0.29) is 29.3 Å². The molecule has 1 N–H and O–H groups in total. The van der Waals surface area contributed by atoms with E-state index in [4.69, 9.17) is 0 Å². The van der Waals surface area contributed by atoms with Crippen LogP contribution in [0.1, 0.15) is 38.2 Å². The van der Waals surface area contributed by atoms with Gasteiger partial charge >= 0.3 is 6.18 Å². The Morgan fingerprint density at radius 3 is 2.32 bits per heavy atom. The van der Waals surface area contributed by atoms with Gasteiger partial charge in [-0.15, -0.1) is 0 Å². The lowest BCUT2D eigenvalue weighted by atomic mass is 9.90. The normalized spacial score (nSPS) is 13.6. The summed E-state index contributed by atoms with van der Waals surface area (Å²) >= 11 is 0. The lowest BCUT2D eigenvalue weighted by Crippen LogP contribution is -2.17. The van der Waals surface area contributed by atoms with Crippen LogP contribution >= 0.6 is 0 Å². The maximum atomic E-state index is 13.1. The summed E-state index contributed by atoms with van der Waals surface area (Å²) in [6, 6.07) is 14.9. The fraction of sp³-hybridized carbons (Fsp3) is 0.185. The van der Waals surface area contributed by atoms with Crippen LogP contribution in [0.5, 0.6) is 5.75 Å². The number of halogens is 3. The van der Waals surface area contributed by atoms with Crippen LogP contribution < -0.4 is 0 Å². The van der Waals surface area contributed by atoms with E-state index in [0.29, 0.717) is 28.5 Å². The minimum atomic E-state index is -4.45. The van der Waals surface area contributed by atoms with Gasteiger partial charge in [-0.1, -0.05) is 42.0 Å². The smallest absolute Gasteiger partial charge is 0.416 e. The first kappa shape index (κ1) is 21.9. The Morgan fingerprint density at radius 2 is 1.68 bits per heavy atom. The second kappa shape index (κ2) is 7.87. The molecule has 1 aliphatic heterocycles. The zero-order valence-corrected chi connectivity index (χ0v) is 18.6. The van der Waals surface area contributed by atoms with Gasteiger partial charge in [-0.05, 0) is 59.4 Å². The van der Waals surface area contributed by atoms with Crippen molar-refractivity contribution in [1.29, 1.82) is 0 Å². The number of pyridine rings is 1. The van der Waals surface area contributed by atoms with E-state index in [9.17, 15) is 23.1 Å². The van der Waals surface area contributed by atoms with Gasteiger partial charge in [-0.25, -0.2) is 0 Å². The molecule has 0 unspecified atom stereocenters. The number of alkyl halides is 3. The second-order valence-corrected chi connectivity index (χ2v) is 8.72. The van der Waals surface area contributed by atoms with E-state index in [1.807, 2.05) is 37.3 Å². The topological polar surface area (TPSA) is 53.4 Å². The number of aromatic nitrogens is 1. The van der Waals surface area contributed by atoms with Crippen molar-refractivity contribution < 1.29 is 23.1 Å². The Bertz CT molecular complexity index is 1430. The monoisotopic (exact) mass is 462 g/mol. The summed E-state index contributed by atoms with van der Waals surface area (Å²) < 4.78 is 39.4. The molecule has 1 amide bonds. The Labute approximate surface area is 194 Å². The zero-order chi connectivity index (χ0) is 24.2. The third kappa shape index (κ3) is 3.67. The first-order chi connectivity index (χ1) is 16.1. The number of amides is 1. The largest absolute Gasteiger partial charge is 0.505 e. The summed E-state index contributed by atoms with van der Waals surface area (Å²) in [5.74, 6) is -0.537. The summed E-state index contributed by atoms with van der Waals surface area (Å²) in [6.07, 6.45) is -2.18. The van der Waals surface area contributed by atoms with Crippen molar-refractivity contribution in [3.05, 3.63) is 94.2 Å². The van der Waals surface area contributed by atoms with Gasteiger partial charge in [0.05, 0.1) is 11.1 Å². The predicted molar refractivity (Wildman–Crippen MR) is 124 cm³/mol. The maximum absolute atomic E-state index is 13.1. The van der Waals surface area contributed by atoms with Crippen LogP contribution in [0.15, 0.2) is 60.8 Å². The minimum absolute atomic E-state index is 0.156. The summed E-state index contributed by atoms with van der Waals surface area (Å²) in [6.45, 7) is 2.26. The van der Waals surface area contributed by atoms with Gasteiger partial charge < -0.3 is 10.0 Å². The number of aryl methyl sites for hydroxylation is 1. The summed E-state index contributed by atoms with van der Waals surface area (Å²) in [4.78, 5) is 18.7. The number of aromatic hydroxyl groups is 1. The number of carbonyl (C=O) groups is 1. The Kier molecular flexibility index (Phi) is 5.08. The summed E-state index contributed by atoms with van der Waals surface area (Å²) in [5, 5.41) is 11.5. The molecule has 0 radical (unpaired) electrons. The molecule has 0 bridgehead atoms. The summed E-state index contributed by atoms with van der Waals surface area (Å²) in [5.41, 5.74) is 4.53. The maximum Gasteiger partial charge on any atom is 0.416 e. The van der Waals surface area contributed by atoms with Crippen molar-refractivity contribution in [1.82, 2.24) is 9.88 Å². The highest BCUT2D eigenvalue weighted by molar-refractivity contribution is 6.12. The Morgan fingerprint density at radius 1 is 1.00 bits per heavy atom. The van der Waals surface area contributed by atoms with Gasteiger partial charge in [-0.3, -0.25) is 9.78 Å². The molecule has 4 nitrogen and oxygen atoms in total. The van der Waals surface area contributed by atoms with Gasteiger partial charge in [0.2, 0.25) is 0 Å². The van der Waals surface area contributed by atoms with Crippen molar-refractivity contribution >= 4 is 16.8 Å². The number of benzene rings is 3. The van der Waals surface area contributed by atoms with Crippen LogP contribution in [0, 0.1) is 6.92 Å². The van der Waals surface area contributed by atoms with Gasteiger partial charge in [0.1, 0.15) is 5.52 Å². The van der Waals surface area contributed by atoms with E-state index in [2.05, 4.69) is 4.98 Å². The van der Waals surface area contributed by atoms with Crippen molar-refractivity contribution in [3.63, 3.8) is 0 Å². The number of phenols is 1. The summed E-state index contributed by atoms with van der Waals surface area (Å²) in [7, 11) is 1.62. The number of carbonyl (C=O) groups excluding carboxylic acids is 1. The predicted octanol–water partition coefficient (Wildman–Crippen LogP) is 6.11. The molecule has 2 heterocycles. The fourth-order valence-electron chi connectivity index (χ4n) is 4.52. The molecule has 1 aromatic heterocycles. The molecule has 1 aliphatic rings. The highest BCUT2D eigenvalue weighted by atomic mass is 19.4. The van der Waals surface area contributed by atoms with Crippen molar-refractivity contribution in [2.45, 2.75) is 26.1 Å². The molecule has 34 heavy (non-hydrogen) atoms. The van der Waals surface area contributed by atoms with E-state index in [1.165, 1.54) is 17.0 Å². The number of hydrogen-bond donors (Lipinski definition) is 1. The van der Waals surface area contributed by atoms with Crippen LogP contribution in [-0.4, -0.2) is 27.9 Å². The molecule has 0 saturated carbocycles. The molecule has 0 aliphatic carbocycles. The third-order valence-electron chi connectivity index (χ3n) is 6.26. The van der Waals surface area contributed by atoms with Crippen LogP contribution in [-0.2, 0) is 19.1 Å². The van der Waals surface area contributed by atoms with Gasteiger partial charge in [0.25, 0.3) is 5.91 Å². The quantitative estimate of drug-likeness (QED) is 0.400. The molecule has 7 heteroatoms. The van der Waals surface area contributed by atoms with Crippen LogP contribution in [0.25, 0.3) is 22.0 Å². The molecule has 5 rings (SSSR count). The van der Waals surface area contributed by atoms with Crippen LogP contribution in [0.4, 0.5) is 13.2 Å². The molecular formula is C27H21F3N2O2. The molecule has 0 atom stereocenters. The standard InChI is InChI=1S/C27H21F3N2O2/c1-15-3-5-16(6-4-15)11-17-12-20-22(18-7-9-19(10-8-18)27(28,29)30)21-14-32(2)26(34)23(21)25(33)24(20)31-13-17/h3-10,12-13,33H,11,14H2,1-2H3. The fourth-order valence-corrected chi connectivity index (χ4v) is 4.52. The highest BCUT2D eigenvalue weighted by Crippen LogP contribution is 2.44. The first-order valence-electron chi connectivity index (χ1n) is 10.8. The molecule has 4 aromatic rings. The Balaban J connectivity index is 1.72. The number of fused-ring (bicyclic) bond motifs is 2. The molecule has 0 fully saturated rings. The first-order valence-corrected chi connectivity index (χ1v) is 10.8. The number of rotatable bonds is 3. The molecular weight excluding hydrogens is 441 g/mol. The lowest BCUT2D eigenvalue weighted by Gasteiger charge is -2.16. The highest BCUT2D eigenvalue weighted by Gasteiger charge is 2.34. The number of nitrogens with zero attached hydrogens (tertiary/aromatic N) is 2. The van der Waals surface area contributed by atoms with Crippen molar-refractivity contribution in [2.24, 2.45) is 0 Å². The van der Waals surface area contributed by atoms with Gasteiger partial charge in [-0.2, -0.15) is 13.2 Å². The zero-order valence-electron chi connectivity index (χ0n) is 18.6. The van der Waals surface area contributed by atoms with E-state index in [0.717, 1.165) is 28.8 Å². The molecule has 172 valence electrons. The number of hydrogen-bond acceptors (Lipinski definition) is 3. The molecule has 0 saturated heterocycles. The average molecular weight is 462 g/mol. The second-order valence-electron chi connectivity index (χ2n) is 8.72. The molecule has 0 spiro atoms. The van der Waals surface area contributed by atoms with Crippen molar-refractivity contribution in [3.8, 4) is 16.9 Å². The van der Waals surface area contributed by atoms with Crippen LogP contribution in [0.3, 0.4) is 0 Å². The minimum Gasteiger partial charge on any atom is -0.505 e. The van der Waals surface area contributed by atoms with E-state index in [1.54, 1.807) is 13.2 Å². The molecule has 3 aromatic carbocycles. The van der Waals surface area contributed by atoms with Crippen LogP contribution in [0.2, 0.25) is 0 Å². The van der Waals surface area contributed by atoms with Gasteiger partial charge in [0, 0.05) is 25.2 Å².